The Morgan fingerprint density at radius 2 is 1.83 bits per heavy atom. The standard InChI is InChI=1S/C12H22N4O5S2/c1-23-3-2-7(11(19)16-8(6-22)12(20)21)15-10(18)5-14-9(17)4-13/h7-8,22H,2-6,13H2,1H3,(H,14,17)(H,15,18)(H,16,19)(H,20,21). The van der Waals surface area contributed by atoms with Crippen LogP contribution in [0.1, 0.15) is 6.42 Å². The minimum absolute atomic E-state index is 0.0726. The van der Waals surface area contributed by atoms with Gasteiger partial charge < -0.3 is 26.8 Å². The number of carbonyl (C=O) groups is 4. The fourth-order valence-electron chi connectivity index (χ4n) is 1.46. The predicted octanol–water partition coefficient (Wildman–Crippen LogP) is -2.20. The zero-order chi connectivity index (χ0) is 17.8. The molecule has 0 aromatic rings. The quantitative estimate of drug-likeness (QED) is 0.227. The molecule has 0 bridgehead atoms. The molecule has 0 aliphatic rings. The molecule has 6 N–H and O–H groups in total. The lowest BCUT2D eigenvalue weighted by Gasteiger charge is -2.20. The van der Waals surface area contributed by atoms with Crippen molar-refractivity contribution in [2.75, 3.05) is 30.9 Å². The molecule has 3 amide bonds. The van der Waals surface area contributed by atoms with Gasteiger partial charge in [-0.2, -0.15) is 24.4 Å². The minimum Gasteiger partial charge on any atom is -0.480 e. The third-order valence-corrected chi connectivity index (χ3v) is 3.70. The average molecular weight is 366 g/mol. The van der Waals surface area contributed by atoms with Gasteiger partial charge >= 0.3 is 5.97 Å². The number of thioether (sulfide) groups is 1. The molecule has 132 valence electrons. The largest absolute Gasteiger partial charge is 0.480 e. The van der Waals surface area contributed by atoms with Gasteiger partial charge in [-0.25, -0.2) is 4.79 Å². The van der Waals surface area contributed by atoms with Crippen LogP contribution in [-0.2, 0) is 19.2 Å². The Bertz CT molecular complexity index is 436. The van der Waals surface area contributed by atoms with Gasteiger partial charge in [0.25, 0.3) is 0 Å². The van der Waals surface area contributed by atoms with E-state index in [2.05, 4.69) is 28.6 Å². The summed E-state index contributed by atoms with van der Waals surface area (Å²) < 4.78 is 0. The molecular weight excluding hydrogens is 344 g/mol. The molecule has 0 aromatic heterocycles. The van der Waals surface area contributed by atoms with Gasteiger partial charge in [0.15, 0.2) is 0 Å². The highest BCUT2D eigenvalue weighted by atomic mass is 32.2. The van der Waals surface area contributed by atoms with Gasteiger partial charge in [0, 0.05) is 5.75 Å². The van der Waals surface area contributed by atoms with Crippen molar-refractivity contribution in [2.45, 2.75) is 18.5 Å². The third-order valence-electron chi connectivity index (χ3n) is 2.69. The minimum atomic E-state index is -1.21. The van der Waals surface area contributed by atoms with Crippen LogP contribution in [0.25, 0.3) is 0 Å². The van der Waals surface area contributed by atoms with Gasteiger partial charge in [0.1, 0.15) is 12.1 Å². The van der Waals surface area contributed by atoms with E-state index >= 15 is 0 Å². The van der Waals surface area contributed by atoms with Crippen molar-refractivity contribution in [3.8, 4) is 0 Å². The third kappa shape index (κ3) is 9.31. The van der Waals surface area contributed by atoms with Gasteiger partial charge in [-0.05, 0) is 18.4 Å². The topological polar surface area (TPSA) is 151 Å². The van der Waals surface area contributed by atoms with Crippen molar-refractivity contribution in [3.63, 3.8) is 0 Å². The number of carbonyl (C=O) groups excluding carboxylic acids is 3. The maximum atomic E-state index is 12.1. The van der Waals surface area contributed by atoms with E-state index in [9.17, 15) is 19.2 Å². The molecule has 2 atom stereocenters. The van der Waals surface area contributed by atoms with Crippen LogP contribution in [0.5, 0.6) is 0 Å². The smallest absolute Gasteiger partial charge is 0.327 e. The molecule has 0 saturated heterocycles. The molecule has 23 heavy (non-hydrogen) atoms. The fourth-order valence-corrected chi connectivity index (χ4v) is 2.18. The molecule has 9 nitrogen and oxygen atoms in total. The number of carboxylic acids is 1. The number of carboxylic acid groups (broad SMARTS) is 1. The lowest BCUT2D eigenvalue weighted by atomic mass is 10.2. The van der Waals surface area contributed by atoms with E-state index in [1.165, 1.54) is 11.8 Å². The molecule has 11 heteroatoms. The highest BCUT2D eigenvalue weighted by Crippen LogP contribution is 2.02. The van der Waals surface area contributed by atoms with Gasteiger partial charge in [0.2, 0.25) is 17.7 Å². The predicted molar refractivity (Wildman–Crippen MR) is 90.4 cm³/mol. The number of hydrogen-bond acceptors (Lipinski definition) is 7. The Kier molecular flexibility index (Phi) is 11.3. The maximum absolute atomic E-state index is 12.1. The number of nitrogens with two attached hydrogens (primary N) is 1. The van der Waals surface area contributed by atoms with Crippen molar-refractivity contribution in [3.05, 3.63) is 0 Å². The van der Waals surface area contributed by atoms with E-state index in [-0.39, 0.29) is 18.8 Å². The van der Waals surface area contributed by atoms with Crippen LogP contribution in [0.15, 0.2) is 0 Å². The van der Waals surface area contributed by atoms with Crippen LogP contribution in [0, 0.1) is 0 Å². The Labute approximate surface area is 143 Å². The summed E-state index contributed by atoms with van der Waals surface area (Å²) in [5.41, 5.74) is 5.10. The summed E-state index contributed by atoms with van der Waals surface area (Å²) in [4.78, 5) is 45.8. The molecule has 0 heterocycles. The van der Waals surface area contributed by atoms with Gasteiger partial charge in [-0.3, -0.25) is 14.4 Å². The molecule has 0 radical (unpaired) electrons. The molecule has 0 aliphatic heterocycles. The zero-order valence-electron chi connectivity index (χ0n) is 12.7. The summed E-state index contributed by atoms with van der Waals surface area (Å²) in [5, 5.41) is 16.0. The maximum Gasteiger partial charge on any atom is 0.327 e. The summed E-state index contributed by atoms with van der Waals surface area (Å²) in [5.74, 6) is -2.36. The monoisotopic (exact) mass is 366 g/mol. The van der Waals surface area contributed by atoms with Crippen molar-refractivity contribution in [1.82, 2.24) is 16.0 Å². The number of nitrogens with one attached hydrogen (secondary N) is 3. The summed E-state index contributed by atoms with van der Waals surface area (Å²) in [7, 11) is 0. The first-order valence-electron chi connectivity index (χ1n) is 6.74. The lowest BCUT2D eigenvalue weighted by Crippen LogP contribution is -2.53. The Hall–Kier alpha value is -1.46. The number of aliphatic carboxylic acids is 1. The normalized spacial score (nSPS) is 12.8. The molecule has 0 aliphatic carbocycles. The molecule has 0 aromatic carbocycles. The Morgan fingerprint density at radius 1 is 1.17 bits per heavy atom. The second kappa shape index (κ2) is 12.0. The number of hydrogen-bond donors (Lipinski definition) is 6. The van der Waals surface area contributed by atoms with Gasteiger partial charge in [-0.15, -0.1) is 0 Å². The van der Waals surface area contributed by atoms with E-state index in [0.717, 1.165) is 0 Å². The van der Waals surface area contributed by atoms with E-state index < -0.39 is 35.8 Å². The van der Waals surface area contributed by atoms with Crippen LogP contribution < -0.4 is 21.7 Å². The number of amides is 3. The van der Waals surface area contributed by atoms with Crippen molar-refractivity contribution in [2.24, 2.45) is 5.73 Å². The van der Waals surface area contributed by atoms with Gasteiger partial charge in [0.05, 0.1) is 13.1 Å². The van der Waals surface area contributed by atoms with Crippen LogP contribution >= 0.6 is 24.4 Å². The van der Waals surface area contributed by atoms with Gasteiger partial charge in [-0.1, -0.05) is 0 Å². The molecule has 2 unspecified atom stereocenters. The van der Waals surface area contributed by atoms with Crippen LogP contribution in [0.2, 0.25) is 0 Å². The van der Waals surface area contributed by atoms with E-state index in [0.29, 0.717) is 12.2 Å². The van der Waals surface area contributed by atoms with Crippen LogP contribution in [0.3, 0.4) is 0 Å². The molecule has 0 fully saturated rings. The lowest BCUT2D eigenvalue weighted by molar-refractivity contribution is -0.141. The second-order valence-electron chi connectivity index (χ2n) is 4.46. The van der Waals surface area contributed by atoms with Crippen LogP contribution in [-0.4, -0.2) is 71.7 Å². The highest BCUT2D eigenvalue weighted by molar-refractivity contribution is 7.98. The van der Waals surface area contributed by atoms with Crippen molar-refractivity contribution < 1.29 is 24.3 Å². The number of thiol groups is 1. The zero-order valence-corrected chi connectivity index (χ0v) is 14.4. The summed E-state index contributed by atoms with van der Waals surface area (Å²) in [6.45, 7) is -0.556. The van der Waals surface area contributed by atoms with E-state index in [1.54, 1.807) is 0 Å². The molecule has 0 spiro atoms. The summed E-state index contributed by atoms with van der Waals surface area (Å²) in [6.07, 6.45) is 2.16. The molecule has 0 saturated carbocycles. The second-order valence-corrected chi connectivity index (χ2v) is 5.82. The highest BCUT2D eigenvalue weighted by Gasteiger charge is 2.25. The Balaban J connectivity index is 4.66. The number of rotatable bonds is 11. The van der Waals surface area contributed by atoms with Crippen LogP contribution in [0.4, 0.5) is 0 Å². The first-order valence-corrected chi connectivity index (χ1v) is 8.77. The summed E-state index contributed by atoms with van der Waals surface area (Å²) >= 11 is 5.34. The van der Waals surface area contributed by atoms with Crippen molar-refractivity contribution >= 4 is 48.1 Å². The average Bonchev–Trinajstić information content (AvgIpc) is 2.53. The molecular formula is C12H22N4O5S2. The summed E-state index contributed by atoms with van der Waals surface area (Å²) in [6, 6.07) is -2.04. The fraction of sp³-hybridized carbons (Fsp3) is 0.667. The Morgan fingerprint density at radius 3 is 2.30 bits per heavy atom. The first kappa shape index (κ1) is 21.5. The van der Waals surface area contributed by atoms with E-state index in [4.69, 9.17) is 10.8 Å². The van der Waals surface area contributed by atoms with E-state index in [1.807, 2.05) is 6.26 Å². The first-order chi connectivity index (χ1) is 10.8. The SMILES string of the molecule is CSCCC(NC(=O)CNC(=O)CN)C(=O)NC(CS)C(=O)O. The van der Waals surface area contributed by atoms with Crippen molar-refractivity contribution in [1.29, 1.82) is 0 Å². The molecule has 0 rings (SSSR count).